The molecular formula is C26H28FN3O3. The molecule has 3 aliphatic heterocycles. The van der Waals surface area contributed by atoms with Gasteiger partial charge >= 0.3 is 0 Å². The van der Waals surface area contributed by atoms with E-state index in [9.17, 15) is 18.8 Å². The van der Waals surface area contributed by atoms with Crippen LogP contribution in [0, 0.1) is 12.7 Å². The van der Waals surface area contributed by atoms with E-state index in [1.54, 1.807) is 6.07 Å². The van der Waals surface area contributed by atoms with Gasteiger partial charge in [0.1, 0.15) is 11.9 Å². The second kappa shape index (κ2) is 8.71. The topological polar surface area (TPSA) is 69.7 Å². The molecule has 0 spiro atoms. The van der Waals surface area contributed by atoms with Crippen LogP contribution in [0.15, 0.2) is 36.4 Å². The van der Waals surface area contributed by atoms with Gasteiger partial charge in [-0.2, -0.15) is 0 Å². The summed E-state index contributed by atoms with van der Waals surface area (Å²) in [7, 11) is 0. The molecule has 1 N–H and O–H groups in total. The van der Waals surface area contributed by atoms with Gasteiger partial charge in [0.25, 0.3) is 5.91 Å². The van der Waals surface area contributed by atoms with Gasteiger partial charge < -0.3 is 4.90 Å². The summed E-state index contributed by atoms with van der Waals surface area (Å²) in [6.07, 6.45) is 2.30. The molecule has 2 fully saturated rings. The van der Waals surface area contributed by atoms with Crippen molar-refractivity contribution in [3.8, 4) is 0 Å². The van der Waals surface area contributed by atoms with Gasteiger partial charge in [0, 0.05) is 25.1 Å². The van der Waals surface area contributed by atoms with E-state index in [-0.39, 0.29) is 24.2 Å². The van der Waals surface area contributed by atoms with Gasteiger partial charge in [-0.15, -0.1) is 0 Å². The molecule has 1 atom stereocenters. The average molecular weight is 450 g/mol. The molecule has 0 aromatic heterocycles. The highest BCUT2D eigenvalue weighted by Gasteiger charge is 2.41. The zero-order valence-corrected chi connectivity index (χ0v) is 18.8. The number of likely N-dealkylation sites (tertiary alicyclic amines) is 1. The Morgan fingerprint density at radius 1 is 1.06 bits per heavy atom. The summed E-state index contributed by atoms with van der Waals surface area (Å²) in [5.74, 6) is -1.32. The van der Waals surface area contributed by atoms with Crippen LogP contribution in [0.1, 0.15) is 64.2 Å². The smallest absolute Gasteiger partial charge is 0.255 e. The maximum absolute atomic E-state index is 14.6. The minimum absolute atomic E-state index is 0.178. The van der Waals surface area contributed by atoms with Crippen molar-refractivity contribution in [1.82, 2.24) is 15.1 Å². The maximum Gasteiger partial charge on any atom is 0.255 e. The Bertz CT molecular complexity index is 1120. The molecule has 3 heterocycles. The van der Waals surface area contributed by atoms with Crippen molar-refractivity contribution in [2.24, 2.45) is 0 Å². The van der Waals surface area contributed by atoms with Gasteiger partial charge in [-0.3, -0.25) is 24.6 Å². The monoisotopic (exact) mass is 449 g/mol. The van der Waals surface area contributed by atoms with E-state index < -0.39 is 17.8 Å². The minimum atomic E-state index is -0.686. The lowest BCUT2D eigenvalue weighted by Crippen LogP contribution is -2.52. The quantitative estimate of drug-likeness (QED) is 0.728. The van der Waals surface area contributed by atoms with Crippen molar-refractivity contribution < 1.29 is 18.8 Å². The largest absolute Gasteiger partial charge is 0.322 e. The minimum Gasteiger partial charge on any atom is -0.322 e. The van der Waals surface area contributed by atoms with Crippen LogP contribution in [-0.2, 0) is 22.7 Å². The number of carbonyl (C=O) groups excluding carboxylic acids is 3. The van der Waals surface area contributed by atoms with Crippen molar-refractivity contribution in [2.75, 3.05) is 13.1 Å². The van der Waals surface area contributed by atoms with E-state index in [4.69, 9.17) is 0 Å². The molecule has 2 aromatic carbocycles. The Balaban J connectivity index is 1.32. The first-order valence-electron chi connectivity index (χ1n) is 11.6. The van der Waals surface area contributed by atoms with Gasteiger partial charge in [-0.05, 0) is 79.6 Å². The molecule has 7 heteroatoms. The first-order chi connectivity index (χ1) is 15.9. The van der Waals surface area contributed by atoms with Crippen molar-refractivity contribution in [3.63, 3.8) is 0 Å². The lowest BCUT2D eigenvalue weighted by Gasteiger charge is -2.33. The molecule has 0 radical (unpaired) electrons. The second-order valence-corrected chi connectivity index (χ2v) is 9.40. The van der Waals surface area contributed by atoms with Crippen LogP contribution in [0.2, 0.25) is 0 Å². The number of halogens is 1. The third-order valence-electron chi connectivity index (χ3n) is 7.34. The number of fused-ring (bicyclic) bond motifs is 1. The van der Waals surface area contributed by atoms with Crippen LogP contribution in [0.4, 0.5) is 4.39 Å². The summed E-state index contributed by atoms with van der Waals surface area (Å²) >= 11 is 0. The lowest BCUT2D eigenvalue weighted by atomic mass is 9.85. The molecule has 5 rings (SSSR count). The number of carbonyl (C=O) groups is 3. The molecule has 2 aromatic rings. The Labute approximate surface area is 192 Å². The number of amides is 3. The zero-order chi connectivity index (χ0) is 23.1. The molecule has 3 amide bonds. The molecule has 0 bridgehead atoms. The van der Waals surface area contributed by atoms with Crippen LogP contribution in [0.5, 0.6) is 0 Å². The standard InChI is InChI=1S/C26H28FN3O3/c1-16-4-2-3-5-18(16)14-29-10-8-17(9-11-29)20-12-19(27)13-21-22(20)15-30(26(21)33)23-6-7-24(31)28-25(23)32/h2-5,12-13,17,23H,6-11,14-15H2,1H3,(H,28,31,32). The predicted octanol–water partition coefficient (Wildman–Crippen LogP) is 3.27. The lowest BCUT2D eigenvalue weighted by molar-refractivity contribution is -0.136. The summed E-state index contributed by atoms with van der Waals surface area (Å²) in [6, 6.07) is 10.6. The van der Waals surface area contributed by atoms with E-state index in [0.717, 1.165) is 43.6 Å². The highest BCUT2D eigenvalue weighted by Crippen LogP contribution is 2.38. The summed E-state index contributed by atoms with van der Waals surface area (Å²) in [6.45, 7) is 5.15. The van der Waals surface area contributed by atoms with Gasteiger partial charge in [0.15, 0.2) is 0 Å². The van der Waals surface area contributed by atoms with Crippen molar-refractivity contribution in [1.29, 1.82) is 0 Å². The van der Waals surface area contributed by atoms with E-state index in [1.165, 1.54) is 22.1 Å². The first-order valence-corrected chi connectivity index (χ1v) is 11.6. The fourth-order valence-corrected chi connectivity index (χ4v) is 5.45. The number of piperidine rings is 2. The molecule has 1 unspecified atom stereocenters. The summed E-state index contributed by atoms with van der Waals surface area (Å²) < 4.78 is 14.6. The molecule has 6 nitrogen and oxygen atoms in total. The summed E-state index contributed by atoms with van der Waals surface area (Å²) in [5, 5.41) is 2.32. The van der Waals surface area contributed by atoms with Crippen LogP contribution in [0.25, 0.3) is 0 Å². The number of nitrogens with one attached hydrogen (secondary N) is 1. The fourth-order valence-electron chi connectivity index (χ4n) is 5.45. The number of rotatable bonds is 4. The summed E-state index contributed by atoms with van der Waals surface area (Å²) in [4.78, 5) is 40.9. The van der Waals surface area contributed by atoms with Crippen LogP contribution in [0.3, 0.4) is 0 Å². The zero-order valence-electron chi connectivity index (χ0n) is 18.8. The van der Waals surface area contributed by atoms with Crippen molar-refractivity contribution in [3.05, 3.63) is 70.0 Å². The second-order valence-electron chi connectivity index (χ2n) is 9.40. The van der Waals surface area contributed by atoms with E-state index in [2.05, 4.69) is 41.4 Å². The van der Waals surface area contributed by atoms with E-state index >= 15 is 0 Å². The number of hydrogen-bond acceptors (Lipinski definition) is 4. The van der Waals surface area contributed by atoms with E-state index in [1.807, 2.05) is 0 Å². The highest BCUT2D eigenvalue weighted by molar-refractivity contribution is 6.05. The number of hydrogen-bond donors (Lipinski definition) is 1. The van der Waals surface area contributed by atoms with Crippen LogP contribution in [-0.4, -0.2) is 46.7 Å². The fraction of sp³-hybridized carbons (Fsp3) is 0.423. The van der Waals surface area contributed by atoms with Gasteiger partial charge in [-0.25, -0.2) is 4.39 Å². The number of nitrogens with zero attached hydrogens (tertiary/aromatic N) is 2. The third-order valence-corrected chi connectivity index (χ3v) is 7.34. The predicted molar refractivity (Wildman–Crippen MR) is 121 cm³/mol. The van der Waals surface area contributed by atoms with Gasteiger partial charge in [0.2, 0.25) is 11.8 Å². The van der Waals surface area contributed by atoms with Crippen LogP contribution >= 0.6 is 0 Å². The SMILES string of the molecule is Cc1ccccc1CN1CCC(c2cc(F)cc3c2CN(C2CCC(=O)NC2=O)C3=O)CC1. The Morgan fingerprint density at radius 3 is 2.55 bits per heavy atom. The Kier molecular flexibility index (Phi) is 5.74. The summed E-state index contributed by atoms with van der Waals surface area (Å²) in [5.41, 5.74) is 4.70. The maximum atomic E-state index is 14.6. The molecule has 0 saturated carbocycles. The molecule has 0 aliphatic carbocycles. The molecule has 33 heavy (non-hydrogen) atoms. The highest BCUT2D eigenvalue weighted by atomic mass is 19.1. The Morgan fingerprint density at radius 2 is 1.82 bits per heavy atom. The molecule has 172 valence electrons. The third kappa shape index (κ3) is 4.17. The number of benzene rings is 2. The molecule has 3 aliphatic rings. The van der Waals surface area contributed by atoms with Gasteiger partial charge in [0.05, 0.1) is 0 Å². The number of imide groups is 1. The number of aryl methyl sites for hydroxylation is 1. The van der Waals surface area contributed by atoms with Gasteiger partial charge in [-0.1, -0.05) is 24.3 Å². The first kappa shape index (κ1) is 21.8. The van der Waals surface area contributed by atoms with E-state index in [0.29, 0.717) is 18.5 Å². The van der Waals surface area contributed by atoms with Crippen molar-refractivity contribution in [2.45, 2.75) is 57.7 Å². The average Bonchev–Trinajstić information content (AvgIpc) is 3.11. The van der Waals surface area contributed by atoms with Crippen molar-refractivity contribution >= 4 is 17.7 Å². The van der Waals surface area contributed by atoms with Crippen LogP contribution < -0.4 is 5.32 Å². The molecule has 2 saturated heterocycles. The normalized spacial score (nSPS) is 21.9. The molecular weight excluding hydrogens is 421 g/mol. The Hall–Kier alpha value is -3.06.